The third-order valence-electron chi connectivity index (χ3n) is 3.00. The molecule has 0 radical (unpaired) electrons. The van der Waals surface area contributed by atoms with Crippen molar-refractivity contribution in [2.45, 2.75) is 17.6 Å². The number of Topliss-reactive ketones (excluding diaryl/α,β-unsaturated/α-hetero) is 1. The van der Waals surface area contributed by atoms with Gasteiger partial charge in [0.05, 0.1) is 0 Å². The molecular weight excluding hydrogens is 345 g/mol. The number of hydrogen-bond donors (Lipinski definition) is 0. The molecule has 1 aromatic heterocycles. The van der Waals surface area contributed by atoms with Crippen LogP contribution in [0.2, 0.25) is 0 Å². The molecule has 0 N–H and O–H groups in total. The van der Waals surface area contributed by atoms with E-state index in [0.717, 1.165) is 21.8 Å². The number of hydrogen-bond acceptors (Lipinski definition) is 5. The Labute approximate surface area is 139 Å². The van der Waals surface area contributed by atoms with Crippen LogP contribution in [-0.2, 0) is 22.3 Å². The van der Waals surface area contributed by atoms with Crippen molar-refractivity contribution in [2.75, 3.05) is 12.9 Å². The second-order valence-corrected chi connectivity index (χ2v) is 5.59. The van der Waals surface area contributed by atoms with E-state index in [2.05, 4.69) is 5.10 Å². The fourth-order valence-corrected chi connectivity index (χ4v) is 2.19. The van der Waals surface area contributed by atoms with Crippen molar-refractivity contribution >= 4 is 23.5 Å². The molecule has 24 heavy (non-hydrogen) atoms. The van der Waals surface area contributed by atoms with Gasteiger partial charge in [-0.3, -0.25) is 14.3 Å². The van der Waals surface area contributed by atoms with Crippen LogP contribution in [0.3, 0.4) is 0 Å². The number of rotatable bonds is 6. The van der Waals surface area contributed by atoms with Gasteiger partial charge in [0.25, 0.3) is 0 Å². The minimum Gasteiger partial charge on any atom is -0.456 e. The van der Waals surface area contributed by atoms with E-state index in [1.54, 1.807) is 24.3 Å². The Morgan fingerprint density at radius 2 is 1.88 bits per heavy atom. The molecule has 128 valence electrons. The van der Waals surface area contributed by atoms with Gasteiger partial charge in [-0.25, -0.2) is 0 Å². The second kappa shape index (κ2) is 7.52. The van der Waals surface area contributed by atoms with E-state index in [1.807, 2.05) is 6.26 Å². The summed E-state index contributed by atoms with van der Waals surface area (Å²) in [4.78, 5) is 24.5. The van der Waals surface area contributed by atoms with Crippen LogP contribution in [0.25, 0.3) is 0 Å². The van der Waals surface area contributed by atoms with Crippen molar-refractivity contribution < 1.29 is 27.5 Å². The highest BCUT2D eigenvalue weighted by Gasteiger charge is 2.33. The van der Waals surface area contributed by atoms with Crippen molar-refractivity contribution in [3.05, 3.63) is 47.8 Å². The summed E-state index contributed by atoms with van der Waals surface area (Å²) < 4.78 is 42.8. The summed E-state index contributed by atoms with van der Waals surface area (Å²) in [5.41, 5.74) is -0.709. The topological polar surface area (TPSA) is 61.2 Å². The number of nitrogens with zero attached hydrogens (tertiary/aromatic N) is 2. The number of aromatic nitrogens is 2. The molecule has 0 aliphatic rings. The first-order chi connectivity index (χ1) is 11.3. The van der Waals surface area contributed by atoms with Crippen molar-refractivity contribution in [2.24, 2.45) is 0 Å². The smallest absolute Gasteiger partial charge is 0.435 e. The Bertz CT molecular complexity index is 726. The molecule has 1 aromatic carbocycles. The van der Waals surface area contributed by atoms with Crippen molar-refractivity contribution in [1.29, 1.82) is 0 Å². The summed E-state index contributed by atoms with van der Waals surface area (Å²) in [5, 5.41) is 3.23. The molecule has 0 saturated carbocycles. The number of halogens is 3. The molecule has 9 heteroatoms. The SMILES string of the molecule is CSc1ccc(C(=O)COC(=O)Cn2ccc(C(F)(F)F)n2)cc1. The number of ketones is 1. The molecule has 0 aliphatic carbocycles. The van der Waals surface area contributed by atoms with Gasteiger partial charge in [-0.05, 0) is 24.5 Å². The largest absolute Gasteiger partial charge is 0.456 e. The minimum atomic E-state index is -4.58. The average Bonchev–Trinajstić information content (AvgIpc) is 3.01. The van der Waals surface area contributed by atoms with E-state index in [9.17, 15) is 22.8 Å². The van der Waals surface area contributed by atoms with E-state index in [1.165, 1.54) is 11.8 Å². The number of thioether (sulfide) groups is 1. The third kappa shape index (κ3) is 4.85. The molecule has 5 nitrogen and oxygen atoms in total. The van der Waals surface area contributed by atoms with Crippen LogP contribution in [0.4, 0.5) is 13.2 Å². The Balaban J connectivity index is 1.86. The summed E-state index contributed by atoms with van der Waals surface area (Å²) >= 11 is 1.53. The van der Waals surface area contributed by atoms with E-state index in [-0.39, 0.29) is 0 Å². The highest BCUT2D eigenvalue weighted by atomic mass is 32.2. The fraction of sp³-hybridized carbons (Fsp3) is 0.267. The quantitative estimate of drug-likeness (QED) is 0.451. The molecule has 2 rings (SSSR count). The lowest BCUT2D eigenvalue weighted by Crippen LogP contribution is -2.19. The zero-order chi connectivity index (χ0) is 17.7. The van der Waals surface area contributed by atoms with Gasteiger partial charge < -0.3 is 4.74 Å². The lowest BCUT2D eigenvalue weighted by molar-refractivity contribution is -0.145. The van der Waals surface area contributed by atoms with E-state index >= 15 is 0 Å². The number of ether oxygens (including phenoxy) is 1. The van der Waals surface area contributed by atoms with E-state index in [4.69, 9.17) is 4.74 Å². The number of esters is 1. The number of carbonyl (C=O) groups excluding carboxylic acids is 2. The van der Waals surface area contributed by atoms with Crippen LogP contribution in [0, 0.1) is 0 Å². The van der Waals surface area contributed by atoms with Crippen LogP contribution >= 0.6 is 11.8 Å². The zero-order valence-electron chi connectivity index (χ0n) is 12.5. The van der Waals surface area contributed by atoms with Crippen molar-refractivity contribution in [3.63, 3.8) is 0 Å². The molecule has 0 amide bonds. The summed E-state index contributed by atoms with van der Waals surface area (Å²) in [6.07, 6.45) is -1.65. The molecule has 0 saturated heterocycles. The Hall–Kier alpha value is -2.29. The first kappa shape index (κ1) is 18.1. The normalized spacial score (nSPS) is 11.3. The molecule has 0 unspecified atom stereocenters. The molecule has 0 bridgehead atoms. The highest BCUT2D eigenvalue weighted by Crippen LogP contribution is 2.27. The second-order valence-electron chi connectivity index (χ2n) is 4.71. The lowest BCUT2D eigenvalue weighted by Gasteiger charge is -2.05. The van der Waals surface area contributed by atoms with Gasteiger partial charge in [0.1, 0.15) is 6.54 Å². The summed E-state index contributed by atoms with van der Waals surface area (Å²) in [6.45, 7) is -0.986. The van der Waals surface area contributed by atoms with Crippen molar-refractivity contribution in [3.8, 4) is 0 Å². The Morgan fingerprint density at radius 3 is 2.42 bits per heavy atom. The van der Waals surface area contributed by atoms with Gasteiger partial charge in [-0.2, -0.15) is 18.3 Å². The van der Waals surface area contributed by atoms with Crippen LogP contribution in [-0.4, -0.2) is 34.4 Å². The third-order valence-corrected chi connectivity index (χ3v) is 3.74. The maximum absolute atomic E-state index is 12.4. The molecule has 0 aliphatic heterocycles. The Kier molecular flexibility index (Phi) is 5.66. The first-order valence-corrected chi connectivity index (χ1v) is 7.95. The van der Waals surface area contributed by atoms with Crippen LogP contribution in [0.5, 0.6) is 0 Å². The maximum atomic E-state index is 12.4. The van der Waals surface area contributed by atoms with E-state index < -0.39 is 36.8 Å². The maximum Gasteiger partial charge on any atom is 0.435 e. The predicted octanol–water partition coefficient (Wildman–Crippen LogP) is 3.05. The molecule has 0 spiro atoms. The standard InChI is InChI=1S/C15H13F3N2O3S/c1-24-11-4-2-10(3-5-11)12(21)9-23-14(22)8-20-7-6-13(19-20)15(16,17)18/h2-7H,8-9H2,1H3. The lowest BCUT2D eigenvalue weighted by atomic mass is 10.1. The zero-order valence-corrected chi connectivity index (χ0v) is 13.4. The predicted molar refractivity (Wildman–Crippen MR) is 80.7 cm³/mol. The van der Waals surface area contributed by atoms with Crippen LogP contribution in [0.15, 0.2) is 41.4 Å². The summed E-state index contributed by atoms with van der Waals surface area (Å²) in [5.74, 6) is -1.24. The van der Waals surface area contributed by atoms with Crippen LogP contribution in [0.1, 0.15) is 16.1 Å². The van der Waals surface area contributed by atoms with Gasteiger partial charge in [-0.15, -0.1) is 11.8 Å². The molecule has 2 aromatic rings. The van der Waals surface area contributed by atoms with Crippen LogP contribution < -0.4 is 0 Å². The monoisotopic (exact) mass is 358 g/mol. The van der Waals surface area contributed by atoms with Gasteiger partial charge in [0, 0.05) is 16.7 Å². The highest BCUT2D eigenvalue weighted by molar-refractivity contribution is 7.98. The van der Waals surface area contributed by atoms with Gasteiger partial charge >= 0.3 is 12.1 Å². The Morgan fingerprint density at radius 1 is 1.21 bits per heavy atom. The number of benzene rings is 1. The molecular formula is C15H13F3N2O3S. The molecule has 0 atom stereocenters. The minimum absolute atomic E-state index is 0.388. The van der Waals surface area contributed by atoms with E-state index in [0.29, 0.717) is 5.56 Å². The summed E-state index contributed by atoms with van der Waals surface area (Å²) in [6, 6.07) is 7.52. The van der Waals surface area contributed by atoms with Gasteiger partial charge in [0.15, 0.2) is 18.1 Å². The van der Waals surface area contributed by atoms with Gasteiger partial charge in [-0.1, -0.05) is 12.1 Å². The number of alkyl halides is 3. The summed E-state index contributed by atoms with van der Waals surface area (Å²) in [7, 11) is 0. The fourth-order valence-electron chi connectivity index (χ4n) is 1.79. The van der Waals surface area contributed by atoms with Gasteiger partial charge in [0.2, 0.25) is 0 Å². The number of carbonyl (C=O) groups is 2. The first-order valence-electron chi connectivity index (χ1n) is 6.73. The average molecular weight is 358 g/mol. The van der Waals surface area contributed by atoms with Crippen molar-refractivity contribution in [1.82, 2.24) is 9.78 Å². The molecule has 0 fully saturated rings. The molecule has 1 heterocycles.